The van der Waals surface area contributed by atoms with Crippen LogP contribution in [0.5, 0.6) is 0 Å². The molecule has 2 N–H and O–H groups in total. The predicted molar refractivity (Wildman–Crippen MR) is 65.6 cm³/mol. The Balaban J connectivity index is 2.00. The van der Waals surface area contributed by atoms with Gasteiger partial charge in [-0.15, -0.1) is 0 Å². The van der Waals surface area contributed by atoms with Crippen LogP contribution in [0.3, 0.4) is 0 Å². The van der Waals surface area contributed by atoms with Crippen molar-refractivity contribution in [2.75, 3.05) is 33.4 Å². The second-order valence-electron chi connectivity index (χ2n) is 5.41. The van der Waals surface area contributed by atoms with Gasteiger partial charge in [0, 0.05) is 31.2 Å². The van der Waals surface area contributed by atoms with Crippen molar-refractivity contribution in [3.63, 3.8) is 0 Å². The monoisotopic (exact) mass is 241 g/mol. The number of carbonyl (C=O) groups excluding carboxylic acids is 1. The molecule has 4 unspecified atom stereocenters. The first-order valence-corrected chi connectivity index (χ1v) is 6.34. The van der Waals surface area contributed by atoms with Crippen LogP contribution >= 0.6 is 0 Å². The van der Waals surface area contributed by atoms with Crippen LogP contribution in [0.1, 0.15) is 13.8 Å². The highest BCUT2D eigenvalue weighted by Gasteiger charge is 2.37. The van der Waals surface area contributed by atoms with Crippen molar-refractivity contribution in [1.82, 2.24) is 9.80 Å². The number of hydrogen-bond acceptors (Lipinski definition) is 4. The third kappa shape index (κ3) is 2.46. The first-order valence-electron chi connectivity index (χ1n) is 6.34. The van der Waals surface area contributed by atoms with Gasteiger partial charge >= 0.3 is 0 Å². The van der Waals surface area contributed by atoms with Gasteiger partial charge in [0.2, 0.25) is 5.91 Å². The third-order valence-corrected chi connectivity index (χ3v) is 4.11. The molecule has 0 aromatic rings. The van der Waals surface area contributed by atoms with Gasteiger partial charge in [-0.3, -0.25) is 9.69 Å². The first kappa shape index (κ1) is 12.8. The van der Waals surface area contributed by atoms with Crippen molar-refractivity contribution < 1.29 is 9.53 Å². The maximum Gasteiger partial charge on any atom is 0.229 e. The second kappa shape index (κ2) is 4.92. The summed E-state index contributed by atoms with van der Waals surface area (Å²) in [6.45, 7) is 6.89. The summed E-state index contributed by atoms with van der Waals surface area (Å²) in [6, 6.07) is 0.676. The standard InChI is InChI=1S/C12H23N3O2/c1-8-4-15(5-9(2)14(8)3)12(16)10-6-17-7-11(10)13/h8-11H,4-7,13H2,1-3H3. The molecule has 0 bridgehead atoms. The van der Waals surface area contributed by atoms with Crippen LogP contribution in [-0.4, -0.2) is 67.2 Å². The van der Waals surface area contributed by atoms with E-state index in [1.165, 1.54) is 0 Å². The van der Waals surface area contributed by atoms with Gasteiger partial charge in [0.25, 0.3) is 0 Å². The van der Waals surface area contributed by atoms with E-state index in [-0.39, 0.29) is 17.9 Å². The molecule has 98 valence electrons. The minimum absolute atomic E-state index is 0.132. The Morgan fingerprint density at radius 3 is 2.29 bits per heavy atom. The summed E-state index contributed by atoms with van der Waals surface area (Å²) >= 11 is 0. The van der Waals surface area contributed by atoms with Crippen molar-refractivity contribution in [2.24, 2.45) is 11.7 Å². The number of amides is 1. The molecule has 2 aliphatic heterocycles. The lowest BCUT2D eigenvalue weighted by Crippen LogP contribution is -2.58. The zero-order chi connectivity index (χ0) is 12.6. The molecule has 2 heterocycles. The summed E-state index contributed by atoms with van der Waals surface area (Å²) in [6.07, 6.45) is 0. The molecule has 0 aliphatic carbocycles. The highest BCUT2D eigenvalue weighted by Crippen LogP contribution is 2.19. The second-order valence-corrected chi connectivity index (χ2v) is 5.41. The molecule has 5 nitrogen and oxygen atoms in total. The van der Waals surface area contributed by atoms with E-state index in [2.05, 4.69) is 25.8 Å². The van der Waals surface area contributed by atoms with Crippen molar-refractivity contribution >= 4 is 5.91 Å². The largest absolute Gasteiger partial charge is 0.379 e. The number of nitrogens with zero attached hydrogens (tertiary/aromatic N) is 2. The Bertz CT molecular complexity index is 285. The first-order chi connectivity index (χ1) is 8.00. The lowest BCUT2D eigenvalue weighted by atomic mass is 10.0. The van der Waals surface area contributed by atoms with Gasteiger partial charge in [0.05, 0.1) is 19.1 Å². The van der Waals surface area contributed by atoms with E-state index < -0.39 is 0 Å². The van der Waals surface area contributed by atoms with Gasteiger partial charge in [-0.05, 0) is 20.9 Å². The van der Waals surface area contributed by atoms with Crippen LogP contribution in [0.2, 0.25) is 0 Å². The molecule has 17 heavy (non-hydrogen) atoms. The molecule has 2 aliphatic rings. The average molecular weight is 241 g/mol. The molecule has 4 atom stereocenters. The quantitative estimate of drug-likeness (QED) is 0.673. The maximum absolute atomic E-state index is 12.4. The molecular formula is C12H23N3O2. The number of rotatable bonds is 1. The molecule has 2 fully saturated rings. The zero-order valence-corrected chi connectivity index (χ0v) is 10.9. The fourth-order valence-corrected chi connectivity index (χ4v) is 2.64. The van der Waals surface area contributed by atoms with E-state index >= 15 is 0 Å². The van der Waals surface area contributed by atoms with Gasteiger partial charge in [0.1, 0.15) is 0 Å². The number of nitrogens with two attached hydrogens (primary N) is 1. The van der Waals surface area contributed by atoms with Crippen LogP contribution in [0.25, 0.3) is 0 Å². The van der Waals surface area contributed by atoms with Crippen molar-refractivity contribution in [1.29, 1.82) is 0 Å². The van der Waals surface area contributed by atoms with Crippen LogP contribution in [0.4, 0.5) is 0 Å². The fourth-order valence-electron chi connectivity index (χ4n) is 2.64. The smallest absolute Gasteiger partial charge is 0.229 e. The van der Waals surface area contributed by atoms with Crippen LogP contribution < -0.4 is 5.73 Å². The SMILES string of the molecule is CC1CN(C(=O)C2COCC2N)CC(C)N1C. The molecule has 0 spiro atoms. The molecule has 1 amide bonds. The number of ether oxygens (including phenoxy) is 1. The van der Waals surface area contributed by atoms with E-state index in [9.17, 15) is 4.79 Å². The van der Waals surface area contributed by atoms with Gasteiger partial charge < -0.3 is 15.4 Å². The minimum Gasteiger partial charge on any atom is -0.379 e. The Morgan fingerprint density at radius 2 is 1.82 bits per heavy atom. The number of piperazine rings is 1. The van der Waals surface area contributed by atoms with Gasteiger partial charge in [-0.25, -0.2) is 0 Å². The van der Waals surface area contributed by atoms with Crippen molar-refractivity contribution in [2.45, 2.75) is 32.0 Å². The summed E-state index contributed by atoms with van der Waals surface area (Å²) < 4.78 is 5.27. The van der Waals surface area contributed by atoms with Crippen LogP contribution in [0.15, 0.2) is 0 Å². The average Bonchev–Trinajstić information content (AvgIpc) is 2.70. The highest BCUT2D eigenvalue weighted by molar-refractivity contribution is 5.80. The minimum atomic E-state index is -0.141. The molecule has 0 aromatic heterocycles. The lowest BCUT2D eigenvalue weighted by molar-refractivity contribution is -0.139. The summed E-state index contributed by atoms with van der Waals surface area (Å²) in [5.41, 5.74) is 5.90. The van der Waals surface area contributed by atoms with E-state index in [1.54, 1.807) is 0 Å². The van der Waals surface area contributed by atoms with E-state index in [4.69, 9.17) is 10.5 Å². The molecular weight excluding hydrogens is 218 g/mol. The molecule has 0 saturated carbocycles. The topological polar surface area (TPSA) is 58.8 Å². The molecule has 2 saturated heterocycles. The number of carbonyl (C=O) groups is 1. The molecule has 0 radical (unpaired) electrons. The van der Waals surface area contributed by atoms with Crippen LogP contribution in [0, 0.1) is 5.92 Å². The Labute approximate surface area is 103 Å². The fraction of sp³-hybridized carbons (Fsp3) is 0.917. The zero-order valence-electron chi connectivity index (χ0n) is 10.9. The molecule has 2 rings (SSSR count). The summed E-state index contributed by atoms with van der Waals surface area (Å²) in [7, 11) is 2.11. The summed E-state index contributed by atoms with van der Waals surface area (Å²) in [5.74, 6) is 0.0274. The van der Waals surface area contributed by atoms with Crippen molar-refractivity contribution in [3.8, 4) is 0 Å². The van der Waals surface area contributed by atoms with Gasteiger partial charge in [0.15, 0.2) is 0 Å². The summed E-state index contributed by atoms with van der Waals surface area (Å²) in [4.78, 5) is 16.6. The summed E-state index contributed by atoms with van der Waals surface area (Å²) in [5, 5.41) is 0. The maximum atomic E-state index is 12.4. The highest BCUT2D eigenvalue weighted by atomic mass is 16.5. The van der Waals surface area contributed by atoms with E-state index in [0.29, 0.717) is 25.3 Å². The van der Waals surface area contributed by atoms with E-state index in [1.807, 2.05) is 4.90 Å². The lowest BCUT2D eigenvalue weighted by Gasteiger charge is -2.43. The Kier molecular flexibility index (Phi) is 3.70. The third-order valence-electron chi connectivity index (χ3n) is 4.11. The van der Waals surface area contributed by atoms with Gasteiger partial charge in [-0.2, -0.15) is 0 Å². The van der Waals surface area contributed by atoms with E-state index in [0.717, 1.165) is 13.1 Å². The predicted octanol–water partition coefficient (Wildman–Crippen LogP) is -0.489. The molecule has 5 heteroatoms. The normalized spacial score (nSPS) is 39.6. The van der Waals surface area contributed by atoms with Crippen LogP contribution in [-0.2, 0) is 9.53 Å². The van der Waals surface area contributed by atoms with Gasteiger partial charge in [-0.1, -0.05) is 0 Å². The number of hydrogen-bond donors (Lipinski definition) is 1. The Morgan fingerprint density at radius 1 is 1.24 bits per heavy atom. The van der Waals surface area contributed by atoms with Crippen molar-refractivity contribution in [3.05, 3.63) is 0 Å². The molecule has 0 aromatic carbocycles. The number of likely N-dealkylation sites (N-methyl/N-ethyl adjacent to an activating group) is 1. The Hall–Kier alpha value is -0.650.